The number of rotatable bonds is 1. The van der Waals surface area contributed by atoms with Crippen molar-refractivity contribution < 1.29 is 13.2 Å². The predicted octanol–water partition coefficient (Wildman–Crippen LogP) is 3.05. The summed E-state index contributed by atoms with van der Waals surface area (Å²) in [6, 6.07) is 1.30. The lowest BCUT2D eigenvalue weighted by Crippen LogP contribution is -1.86. The molecule has 0 atom stereocenters. The van der Waals surface area contributed by atoms with Crippen LogP contribution in [0.5, 0.6) is 0 Å². The summed E-state index contributed by atoms with van der Waals surface area (Å²) in [7, 11) is 0. The van der Waals surface area contributed by atoms with E-state index in [0.29, 0.717) is 12.1 Å². The van der Waals surface area contributed by atoms with Crippen LogP contribution in [0.1, 0.15) is 0 Å². The van der Waals surface area contributed by atoms with Crippen LogP contribution in [0.15, 0.2) is 17.2 Å². The van der Waals surface area contributed by atoms with Crippen molar-refractivity contribution in [2.45, 2.75) is 0 Å². The Balaban J connectivity index is 3.42. The van der Waals surface area contributed by atoms with Crippen LogP contribution in [0.25, 0.3) is 10.4 Å². The number of halogens is 3. The highest BCUT2D eigenvalue weighted by Crippen LogP contribution is 2.23. The third-order valence-electron chi connectivity index (χ3n) is 1.16. The molecule has 0 bridgehead atoms. The number of hydrogen-bond donors (Lipinski definition) is 0. The Labute approximate surface area is 65.1 Å². The molecule has 62 valence electrons. The lowest BCUT2D eigenvalue weighted by molar-refractivity contribution is 0.498. The summed E-state index contributed by atoms with van der Waals surface area (Å²) in [6.07, 6.45) is 0. The highest BCUT2D eigenvalue weighted by Gasteiger charge is 2.11. The summed E-state index contributed by atoms with van der Waals surface area (Å²) in [5, 5.41) is 2.66. The number of benzene rings is 1. The maximum Gasteiger partial charge on any atom is 0.171 e. The number of azide groups is 1. The molecule has 0 amide bonds. The molecule has 0 N–H and O–H groups in total. The summed E-state index contributed by atoms with van der Waals surface area (Å²) in [5.41, 5.74) is 6.92. The van der Waals surface area contributed by atoms with Gasteiger partial charge in [-0.3, -0.25) is 0 Å². The van der Waals surface area contributed by atoms with E-state index in [-0.39, 0.29) is 0 Å². The monoisotopic (exact) mass is 173 g/mol. The molecule has 0 saturated heterocycles. The molecule has 0 aliphatic carbocycles. The fourth-order valence-corrected chi connectivity index (χ4v) is 0.653. The van der Waals surface area contributed by atoms with Crippen LogP contribution >= 0.6 is 0 Å². The van der Waals surface area contributed by atoms with E-state index in [1.54, 1.807) is 0 Å². The molecule has 0 radical (unpaired) electrons. The van der Waals surface area contributed by atoms with Gasteiger partial charge in [0.25, 0.3) is 0 Å². The van der Waals surface area contributed by atoms with Gasteiger partial charge in [-0.15, -0.1) is 0 Å². The predicted molar refractivity (Wildman–Crippen MR) is 35.1 cm³/mol. The van der Waals surface area contributed by atoms with Crippen molar-refractivity contribution in [2.24, 2.45) is 5.11 Å². The van der Waals surface area contributed by atoms with Crippen molar-refractivity contribution in [2.75, 3.05) is 0 Å². The minimum atomic E-state index is -1.48. The average molecular weight is 173 g/mol. The minimum Gasteiger partial charge on any atom is -0.206 e. The third-order valence-corrected chi connectivity index (χ3v) is 1.16. The average Bonchev–Trinajstić information content (AvgIpc) is 2.06. The summed E-state index contributed by atoms with van der Waals surface area (Å²) in [4.78, 5) is 2.15. The quantitative estimate of drug-likeness (QED) is 0.271. The summed E-state index contributed by atoms with van der Waals surface area (Å²) < 4.78 is 37.5. The van der Waals surface area contributed by atoms with Gasteiger partial charge in [-0.1, -0.05) is 5.11 Å². The standard InChI is InChI=1S/C6H2F3N3/c7-3-1-2-4(8)6(5(3)9)11-12-10/h1-2H. The van der Waals surface area contributed by atoms with Gasteiger partial charge in [0, 0.05) is 4.91 Å². The lowest BCUT2D eigenvalue weighted by Gasteiger charge is -1.97. The van der Waals surface area contributed by atoms with Gasteiger partial charge in [-0.25, -0.2) is 13.2 Å². The van der Waals surface area contributed by atoms with Crippen molar-refractivity contribution in [1.29, 1.82) is 0 Å². The van der Waals surface area contributed by atoms with E-state index in [1.807, 2.05) is 0 Å². The van der Waals surface area contributed by atoms with E-state index < -0.39 is 23.1 Å². The molecule has 1 aromatic rings. The molecule has 1 rings (SSSR count). The first-order valence-corrected chi connectivity index (χ1v) is 2.85. The van der Waals surface area contributed by atoms with E-state index in [9.17, 15) is 13.2 Å². The molecular formula is C6H2F3N3. The molecule has 0 saturated carbocycles. The van der Waals surface area contributed by atoms with Gasteiger partial charge in [-0.2, -0.15) is 0 Å². The second kappa shape index (κ2) is 3.15. The third kappa shape index (κ3) is 1.33. The summed E-state index contributed by atoms with van der Waals surface area (Å²) in [6.45, 7) is 0. The zero-order valence-electron chi connectivity index (χ0n) is 5.63. The Morgan fingerprint density at radius 2 is 1.75 bits per heavy atom. The molecule has 0 aliphatic heterocycles. The largest absolute Gasteiger partial charge is 0.206 e. The van der Waals surface area contributed by atoms with Gasteiger partial charge in [0.15, 0.2) is 11.6 Å². The fraction of sp³-hybridized carbons (Fsp3) is 0. The first kappa shape index (κ1) is 8.42. The van der Waals surface area contributed by atoms with Crippen LogP contribution in [-0.2, 0) is 0 Å². The molecule has 0 aliphatic rings. The Hall–Kier alpha value is -1.68. The van der Waals surface area contributed by atoms with Crippen molar-refractivity contribution in [3.05, 3.63) is 40.0 Å². The number of nitrogens with zero attached hydrogens (tertiary/aromatic N) is 3. The van der Waals surface area contributed by atoms with Gasteiger partial charge >= 0.3 is 0 Å². The SMILES string of the molecule is [N-]=[N+]=Nc1c(F)ccc(F)c1F. The van der Waals surface area contributed by atoms with Crippen molar-refractivity contribution >= 4 is 5.69 Å². The molecule has 3 nitrogen and oxygen atoms in total. The Morgan fingerprint density at radius 3 is 2.33 bits per heavy atom. The van der Waals surface area contributed by atoms with Crippen LogP contribution in [0.3, 0.4) is 0 Å². The normalized spacial score (nSPS) is 9.25. The van der Waals surface area contributed by atoms with Gasteiger partial charge < -0.3 is 0 Å². The second-order valence-corrected chi connectivity index (χ2v) is 1.88. The zero-order valence-corrected chi connectivity index (χ0v) is 5.63. The van der Waals surface area contributed by atoms with Crippen LogP contribution in [0, 0.1) is 17.5 Å². The van der Waals surface area contributed by atoms with Crippen LogP contribution in [-0.4, -0.2) is 0 Å². The van der Waals surface area contributed by atoms with Crippen LogP contribution < -0.4 is 0 Å². The first-order valence-electron chi connectivity index (χ1n) is 2.85. The molecule has 6 heteroatoms. The molecule has 12 heavy (non-hydrogen) atoms. The lowest BCUT2D eigenvalue weighted by atomic mass is 10.3. The first-order chi connectivity index (χ1) is 5.66. The highest BCUT2D eigenvalue weighted by molar-refractivity contribution is 5.40. The molecule has 0 spiro atoms. The van der Waals surface area contributed by atoms with E-state index >= 15 is 0 Å². The second-order valence-electron chi connectivity index (χ2n) is 1.88. The Morgan fingerprint density at radius 1 is 1.17 bits per heavy atom. The molecule has 0 aromatic heterocycles. The summed E-state index contributed by atoms with van der Waals surface area (Å²) >= 11 is 0. The van der Waals surface area contributed by atoms with Crippen LogP contribution in [0.4, 0.5) is 18.9 Å². The van der Waals surface area contributed by atoms with Crippen LogP contribution in [0.2, 0.25) is 0 Å². The van der Waals surface area contributed by atoms with Crippen molar-refractivity contribution in [3.63, 3.8) is 0 Å². The van der Waals surface area contributed by atoms with Gasteiger partial charge in [-0.05, 0) is 17.7 Å². The van der Waals surface area contributed by atoms with E-state index in [0.717, 1.165) is 0 Å². The number of hydrogen-bond acceptors (Lipinski definition) is 1. The molecule has 1 aromatic carbocycles. The van der Waals surface area contributed by atoms with E-state index in [4.69, 9.17) is 5.53 Å². The maximum absolute atomic E-state index is 12.6. The Kier molecular flexibility index (Phi) is 2.21. The molecule has 0 fully saturated rings. The van der Waals surface area contributed by atoms with Crippen molar-refractivity contribution in [3.8, 4) is 0 Å². The summed E-state index contributed by atoms with van der Waals surface area (Å²) in [5.74, 6) is -3.82. The molecule has 0 heterocycles. The zero-order chi connectivity index (χ0) is 9.14. The topological polar surface area (TPSA) is 48.8 Å². The van der Waals surface area contributed by atoms with E-state index in [1.165, 1.54) is 0 Å². The molecular weight excluding hydrogens is 171 g/mol. The van der Waals surface area contributed by atoms with Crippen molar-refractivity contribution in [1.82, 2.24) is 0 Å². The Bertz CT molecular complexity index is 357. The van der Waals surface area contributed by atoms with E-state index in [2.05, 4.69) is 10.0 Å². The van der Waals surface area contributed by atoms with Gasteiger partial charge in [0.05, 0.1) is 0 Å². The molecule has 0 unspecified atom stereocenters. The maximum atomic E-state index is 12.6. The van der Waals surface area contributed by atoms with Gasteiger partial charge in [0.1, 0.15) is 11.5 Å². The minimum absolute atomic E-state index is 0.612. The smallest absolute Gasteiger partial charge is 0.171 e. The highest BCUT2D eigenvalue weighted by atomic mass is 19.2. The fourth-order valence-electron chi connectivity index (χ4n) is 0.653. The van der Waals surface area contributed by atoms with Gasteiger partial charge in [0.2, 0.25) is 0 Å².